The standard InChI is InChI=1S/C16H10F6O4/c1-25-13-7-9(17)3-5-11(13)26-12-6-8(2-4-10(12)14(23)24)15(18,19)16(20,21)22/h2-7H,1H3,(H,23,24). The second kappa shape index (κ2) is 6.77. The van der Waals surface area contributed by atoms with Gasteiger partial charge < -0.3 is 14.6 Å². The lowest BCUT2D eigenvalue weighted by atomic mass is 10.0. The first-order valence-electron chi connectivity index (χ1n) is 6.81. The van der Waals surface area contributed by atoms with Gasteiger partial charge in [-0.05, 0) is 24.3 Å². The van der Waals surface area contributed by atoms with Crippen LogP contribution in [0, 0.1) is 5.82 Å². The summed E-state index contributed by atoms with van der Waals surface area (Å²) in [5, 5.41) is 9.09. The van der Waals surface area contributed by atoms with Crippen LogP contribution in [0.4, 0.5) is 26.3 Å². The molecule has 0 aliphatic rings. The van der Waals surface area contributed by atoms with Crippen molar-refractivity contribution in [2.75, 3.05) is 7.11 Å². The summed E-state index contributed by atoms with van der Waals surface area (Å²) in [5.41, 5.74) is -2.18. The Kier molecular flexibility index (Phi) is 5.06. The van der Waals surface area contributed by atoms with Crippen LogP contribution in [0.2, 0.25) is 0 Å². The molecule has 0 aliphatic heterocycles. The number of methoxy groups -OCH3 is 1. The van der Waals surface area contributed by atoms with Gasteiger partial charge in [0.1, 0.15) is 17.1 Å². The molecule has 10 heteroatoms. The van der Waals surface area contributed by atoms with Gasteiger partial charge in [0, 0.05) is 11.6 Å². The number of ether oxygens (including phenoxy) is 2. The van der Waals surface area contributed by atoms with Gasteiger partial charge in [-0.1, -0.05) is 6.07 Å². The summed E-state index contributed by atoms with van der Waals surface area (Å²) in [6.45, 7) is 0. The van der Waals surface area contributed by atoms with Gasteiger partial charge in [-0.3, -0.25) is 0 Å². The SMILES string of the molecule is COc1cc(F)ccc1Oc1cc(C(F)(F)C(F)(F)F)ccc1C(=O)O. The maximum Gasteiger partial charge on any atom is 0.458 e. The van der Waals surface area contributed by atoms with E-state index < -0.39 is 40.8 Å². The zero-order chi connectivity index (χ0) is 19.7. The number of carboxylic acid groups (broad SMARTS) is 1. The van der Waals surface area contributed by atoms with E-state index >= 15 is 0 Å². The van der Waals surface area contributed by atoms with Crippen molar-refractivity contribution in [2.24, 2.45) is 0 Å². The molecule has 0 unspecified atom stereocenters. The monoisotopic (exact) mass is 380 g/mol. The third-order valence-corrected chi connectivity index (χ3v) is 3.28. The average molecular weight is 380 g/mol. The van der Waals surface area contributed by atoms with Gasteiger partial charge in [-0.25, -0.2) is 9.18 Å². The number of aromatic carboxylic acids is 1. The molecule has 2 rings (SSSR count). The summed E-state index contributed by atoms with van der Waals surface area (Å²) in [5.74, 6) is -8.86. The van der Waals surface area contributed by atoms with Crippen LogP contribution in [0.1, 0.15) is 15.9 Å². The van der Waals surface area contributed by atoms with Crippen molar-refractivity contribution >= 4 is 5.97 Å². The Labute approximate surface area is 142 Å². The first-order valence-corrected chi connectivity index (χ1v) is 6.81. The largest absolute Gasteiger partial charge is 0.493 e. The van der Waals surface area contributed by atoms with E-state index in [1.807, 2.05) is 0 Å². The van der Waals surface area contributed by atoms with Crippen LogP contribution in [0.5, 0.6) is 17.2 Å². The summed E-state index contributed by atoms with van der Waals surface area (Å²) in [6, 6.07) is 3.94. The molecule has 2 aromatic rings. The minimum Gasteiger partial charge on any atom is -0.493 e. The molecule has 140 valence electrons. The smallest absolute Gasteiger partial charge is 0.458 e. The quantitative estimate of drug-likeness (QED) is 0.744. The molecule has 1 N–H and O–H groups in total. The highest BCUT2D eigenvalue weighted by atomic mass is 19.4. The molecular formula is C16H10F6O4. The Morgan fingerprint density at radius 3 is 2.15 bits per heavy atom. The second-order valence-corrected chi connectivity index (χ2v) is 4.99. The maximum atomic E-state index is 13.5. The molecule has 0 heterocycles. The third-order valence-electron chi connectivity index (χ3n) is 3.28. The molecule has 26 heavy (non-hydrogen) atoms. The van der Waals surface area contributed by atoms with E-state index in [0.717, 1.165) is 25.3 Å². The number of hydrogen-bond acceptors (Lipinski definition) is 3. The Balaban J connectivity index is 2.56. The topological polar surface area (TPSA) is 55.8 Å². The van der Waals surface area contributed by atoms with Crippen molar-refractivity contribution in [3.63, 3.8) is 0 Å². The summed E-state index contributed by atoms with van der Waals surface area (Å²) in [7, 11) is 1.13. The van der Waals surface area contributed by atoms with E-state index in [1.165, 1.54) is 0 Å². The third kappa shape index (κ3) is 3.68. The predicted octanol–water partition coefficient (Wildman–Crippen LogP) is 4.98. The summed E-state index contributed by atoms with van der Waals surface area (Å²) in [6.07, 6.45) is -5.89. The summed E-state index contributed by atoms with van der Waals surface area (Å²) >= 11 is 0. The molecule has 0 aromatic heterocycles. The van der Waals surface area contributed by atoms with Gasteiger partial charge in [0.2, 0.25) is 0 Å². The van der Waals surface area contributed by atoms with Crippen molar-refractivity contribution in [1.29, 1.82) is 0 Å². The minimum atomic E-state index is -5.89. The number of carbonyl (C=O) groups is 1. The average Bonchev–Trinajstić information content (AvgIpc) is 2.55. The number of rotatable bonds is 5. The fourth-order valence-electron chi connectivity index (χ4n) is 1.99. The Morgan fingerprint density at radius 1 is 0.962 bits per heavy atom. The van der Waals surface area contributed by atoms with E-state index in [0.29, 0.717) is 12.1 Å². The van der Waals surface area contributed by atoms with Crippen LogP contribution in [0.25, 0.3) is 0 Å². The van der Waals surface area contributed by atoms with Crippen LogP contribution in [-0.4, -0.2) is 24.4 Å². The maximum absolute atomic E-state index is 13.5. The van der Waals surface area contributed by atoms with E-state index in [9.17, 15) is 31.1 Å². The first-order chi connectivity index (χ1) is 12.0. The lowest BCUT2D eigenvalue weighted by Crippen LogP contribution is -2.33. The van der Waals surface area contributed by atoms with E-state index in [2.05, 4.69) is 0 Å². The molecular weight excluding hydrogens is 370 g/mol. The predicted molar refractivity (Wildman–Crippen MR) is 76.4 cm³/mol. The fourth-order valence-corrected chi connectivity index (χ4v) is 1.99. The van der Waals surface area contributed by atoms with E-state index in [1.54, 1.807) is 0 Å². The molecule has 0 radical (unpaired) electrons. The van der Waals surface area contributed by atoms with Gasteiger partial charge in [-0.15, -0.1) is 0 Å². The fraction of sp³-hybridized carbons (Fsp3) is 0.188. The Bertz CT molecular complexity index is 832. The molecule has 4 nitrogen and oxygen atoms in total. The highest BCUT2D eigenvalue weighted by Gasteiger charge is 2.58. The van der Waals surface area contributed by atoms with Crippen molar-refractivity contribution in [2.45, 2.75) is 12.1 Å². The van der Waals surface area contributed by atoms with Gasteiger partial charge in [0.25, 0.3) is 0 Å². The molecule has 0 bridgehead atoms. The second-order valence-electron chi connectivity index (χ2n) is 4.99. The number of benzene rings is 2. The molecule has 0 saturated heterocycles. The molecule has 0 amide bonds. The lowest BCUT2D eigenvalue weighted by molar-refractivity contribution is -0.289. The van der Waals surface area contributed by atoms with Gasteiger partial charge in [0.15, 0.2) is 11.5 Å². The van der Waals surface area contributed by atoms with Crippen LogP contribution in [0.15, 0.2) is 36.4 Å². The first kappa shape index (κ1) is 19.4. The zero-order valence-electron chi connectivity index (χ0n) is 12.9. The van der Waals surface area contributed by atoms with Gasteiger partial charge in [0.05, 0.1) is 7.11 Å². The van der Waals surface area contributed by atoms with Crippen LogP contribution in [-0.2, 0) is 5.92 Å². The van der Waals surface area contributed by atoms with Gasteiger partial charge >= 0.3 is 18.1 Å². The molecule has 0 spiro atoms. The summed E-state index contributed by atoms with van der Waals surface area (Å²) < 4.78 is 87.7. The Morgan fingerprint density at radius 2 is 1.62 bits per heavy atom. The van der Waals surface area contributed by atoms with Crippen LogP contribution >= 0.6 is 0 Å². The van der Waals surface area contributed by atoms with Crippen LogP contribution < -0.4 is 9.47 Å². The Hall–Kier alpha value is -2.91. The molecule has 2 aromatic carbocycles. The lowest BCUT2D eigenvalue weighted by Gasteiger charge is -2.21. The normalized spacial score (nSPS) is 12.0. The highest BCUT2D eigenvalue weighted by Crippen LogP contribution is 2.45. The molecule has 0 atom stereocenters. The number of halogens is 6. The van der Waals surface area contributed by atoms with Crippen molar-refractivity contribution in [3.05, 3.63) is 53.3 Å². The van der Waals surface area contributed by atoms with E-state index in [4.69, 9.17) is 14.6 Å². The highest BCUT2D eigenvalue weighted by molar-refractivity contribution is 5.91. The molecule has 0 fully saturated rings. The molecule has 0 saturated carbocycles. The zero-order valence-corrected chi connectivity index (χ0v) is 12.9. The summed E-state index contributed by atoms with van der Waals surface area (Å²) in [4.78, 5) is 11.2. The van der Waals surface area contributed by atoms with Crippen molar-refractivity contribution in [3.8, 4) is 17.2 Å². The van der Waals surface area contributed by atoms with Gasteiger partial charge in [-0.2, -0.15) is 22.0 Å². The van der Waals surface area contributed by atoms with E-state index in [-0.39, 0.29) is 17.6 Å². The number of hydrogen-bond donors (Lipinski definition) is 1. The minimum absolute atomic E-state index is 0.214. The van der Waals surface area contributed by atoms with Crippen LogP contribution in [0.3, 0.4) is 0 Å². The number of carboxylic acids is 1. The van der Waals surface area contributed by atoms with Crippen molar-refractivity contribution in [1.82, 2.24) is 0 Å². The number of alkyl halides is 5. The van der Waals surface area contributed by atoms with Crippen molar-refractivity contribution < 1.29 is 45.7 Å². The molecule has 0 aliphatic carbocycles.